The number of guanidine groups is 1. The quantitative estimate of drug-likeness (QED) is 0.381. The average molecular weight is 341 g/mol. The van der Waals surface area contributed by atoms with Crippen molar-refractivity contribution in [3.05, 3.63) is 0 Å². The van der Waals surface area contributed by atoms with Crippen molar-refractivity contribution in [2.45, 2.75) is 51.6 Å². The Kier molecular flexibility index (Phi) is 8.84. The van der Waals surface area contributed by atoms with Gasteiger partial charge in [0.15, 0.2) is 5.96 Å². The number of aliphatic imine (C=N–C) groups is 1. The molecule has 0 aromatic carbocycles. The van der Waals surface area contributed by atoms with Gasteiger partial charge in [-0.1, -0.05) is 0 Å². The van der Waals surface area contributed by atoms with Crippen molar-refractivity contribution < 1.29 is 14.2 Å². The van der Waals surface area contributed by atoms with Crippen LogP contribution in [0.15, 0.2) is 4.99 Å². The fourth-order valence-electron chi connectivity index (χ4n) is 3.09. The van der Waals surface area contributed by atoms with E-state index >= 15 is 0 Å². The predicted molar refractivity (Wildman–Crippen MR) is 96.6 cm³/mol. The monoisotopic (exact) mass is 341 g/mol. The Morgan fingerprint density at radius 2 is 2.08 bits per heavy atom. The molecule has 0 aliphatic carbocycles. The lowest BCUT2D eigenvalue weighted by molar-refractivity contribution is 0.0203. The lowest BCUT2D eigenvalue weighted by atomic mass is 10.0. The molecule has 0 radical (unpaired) electrons. The van der Waals surface area contributed by atoms with Gasteiger partial charge in [-0.15, -0.1) is 0 Å². The van der Waals surface area contributed by atoms with Gasteiger partial charge in [0, 0.05) is 46.1 Å². The zero-order valence-electron chi connectivity index (χ0n) is 15.4. The molecule has 2 saturated heterocycles. The van der Waals surface area contributed by atoms with Crippen molar-refractivity contribution in [3.8, 4) is 0 Å². The maximum absolute atomic E-state index is 5.80. The summed E-state index contributed by atoms with van der Waals surface area (Å²) in [4.78, 5) is 4.67. The molecule has 0 aromatic heterocycles. The van der Waals surface area contributed by atoms with E-state index in [0.29, 0.717) is 12.5 Å². The number of ether oxygens (including phenoxy) is 3. The van der Waals surface area contributed by atoms with Crippen LogP contribution in [0.25, 0.3) is 0 Å². The van der Waals surface area contributed by atoms with E-state index in [4.69, 9.17) is 14.2 Å². The summed E-state index contributed by atoms with van der Waals surface area (Å²) in [7, 11) is 0. The van der Waals surface area contributed by atoms with E-state index in [-0.39, 0.29) is 5.60 Å². The molecular formula is C18H35N3O3. The molecule has 6 nitrogen and oxygen atoms in total. The maximum atomic E-state index is 5.80. The molecule has 0 bridgehead atoms. The fourth-order valence-corrected chi connectivity index (χ4v) is 3.09. The second kappa shape index (κ2) is 10.9. The second-order valence-electron chi connectivity index (χ2n) is 7.01. The first-order chi connectivity index (χ1) is 11.7. The number of hydrogen-bond donors (Lipinski definition) is 2. The summed E-state index contributed by atoms with van der Waals surface area (Å²) in [5.74, 6) is 1.55. The van der Waals surface area contributed by atoms with E-state index in [2.05, 4.69) is 29.5 Å². The summed E-state index contributed by atoms with van der Waals surface area (Å²) in [5, 5.41) is 6.68. The van der Waals surface area contributed by atoms with Gasteiger partial charge in [0.05, 0.1) is 12.1 Å². The molecule has 1 atom stereocenters. The van der Waals surface area contributed by atoms with E-state index in [1.165, 1.54) is 0 Å². The van der Waals surface area contributed by atoms with Gasteiger partial charge in [0.25, 0.3) is 0 Å². The van der Waals surface area contributed by atoms with E-state index in [1.54, 1.807) is 0 Å². The van der Waals surface area contributed by atoms with E-state index in [1.807, 2.05) is 0 Å². The lowest BCUT2D eigenvalue weighted by Crippen LogP contribution is -2.39. The second-order valence-corrected chi connectivity index (χ2v) is 7.01. The minimum atomic E-state index is -0.0881. The summed E-state index contributed by atoms with van der Waals surface area (Å²) >= 11 is 0. The molecule has 2 heterocycles. The molecule has 0 aromatic rings. The fraction of sp³-hybridized carbons (Fsp3) is 0.944. The summed E-state index contributed by atoms with van der Waals surface area (Å²) in [6.07, 6.45) is 5.49. The van der Waals surface area contributed by atoms with Crippen molar-refractivity contribution in [1.82, 2.24) is 10.6 Å². The third-order valence-electron chi connectivity index (χ3n) is 4.67. The Labute approximate surface area is 146 Å². The van der Waals surface area contributed by atoms with Gasteiger partial charge in [-0.2, -0.15) is 0 Å². The van der Waals surface area contributed by atoms with Crippen molar-refractivity contribution in [2.24, 2.45) is 10.9 Å². The van der Waals surface area contributed by atoms with Crippen LogP contribution < -0.4 is 10.6 Å². The zero-order chi connectivity index (χ0) is 17.1. The standard InChI is InChI=1S/C18H35N3O3/c1-3-19-17(21-15-18(2)8-4-11-24-18)20-9-5-10-23-14-16-6-12-22-13-7-16/h16H,3-15H2,1-2H3,(H2,19,20,21). The minimum Gasteiger partial charge on any atom is -0.381 e. The molecule has 2 rings (SSSR count). The predicted octanol–water partition coefficient (Wildman–Crippen LogP) is 1.94. The van der Waals surface area contributed by atoms with Crippen LogP contribution >= 0.6 is 0 Å². The van der Waals surface area contributed by atoms with E-state index < -0.39 is 0 Å². The molecule has 1 unspecified atom stereocenters. The van der Waals surface area contributed by atoms with Crippen LogP contribution in [-0.2, 0) is 14.2 Å². The third kappa shape index (κ3) is 7.36. The SMILES string of the molecule is CCNC(=NCC1(C)CCCO1)NCCCOCC1CCOCC1. The van der Waals surface area contributed by atoms with Crippen molar-refractivity contribution in [1.29, 1.82) is 0 Å². The molecule has 24 heavy (non-hydrogen) atoms. The molecule has 0 spiro atoms. The lowest BCUT2D eigenvalue weighted by Gasteiger charge is -2.22. The molecule has 2 fully saturated rings. The van der Waals surface area contributed by atoms with Gasteiger partial charge in [-0.25, -0.2) is 0 Å². The number of nitrogens with one attached hydrogen (secondary N) is 2. The third-order valence-corrected chi connectivity index (χ3v) is 4.67. The van der Waals surface area contributed by atoms with Crippen molar-refractivity contribution in [3.63, 3.8) is 0 Å². The van der Waals surface area contributed by atoms with Gasteiger partial charge in [0.1, 0.15) is 0 Å². The average Bonchev–Trinajstić information content (AvgIpc) is 3.03. The van der Waals surface area contributed by atoms with Gasteiger partial charge < -0.3 is 24.8 Å². The Morgan fingerprint density at radius 3 is 2.79 bits per heavy atom. The largest absolute Gasteiger partial charge is 0.381 e. The molecule has 2 N–H and O–H groups in total. The normalized spacial score (nSPS) is 25.8. The molecule has 140 valence electrons. The highest BCUT2D eigenvalue weighted by Gasteiger charge is 2.29. The van der Waals surface area contributed by atoms with Crippen LogP contribution in [0.1, 0.15) is 46.0 Å². The first-order valence-electron chi connectivity index (χ1n) is 9.53. The highest BCUT2D eigenvalue weighted by atomic mass is 16.5. The van der Waals surface area contributed by atoms with Gasteiger partial charge in [-0.3, -0.25) is 4.99 Å². The summed E-state index contributed by atoms with van der Waals surface area (Å²) in [5.41, 5.74) is -0.0881. The number of rotatable bonds is 9. The Morgan fingerprint density at radius 1 is 1.25 bits per heavy atom. The van der Waals surface area contributed by atoms with Crippen molar-refractivity contribution in [2.75, 3.05) is 52.7 Å². The van der Waals surface area contributed by atoms with E-state index in [9.17, 15) is 0 Å². The van der Waals surface area contributed by atoms with Crippen LogP contribution in [0.5, 0.6) is 0 Å². The summed E-state index contributed by atoms with van der Waals surface area (Å²) < 4.78 is 17.0. The van der Waals surface area contributed by atoms with Crippen molar-refractivity contribution >= 4 is 5.96 Å². The number of hydrogen-bond acceptors (Lipinski definition) is 4. The zero-order valence-corrected chi connectivity index (χ0v) is 15.4. The highest BCUT2D eigenvalue weighted by molar-refractivity contribution is 5.79. The first-order valence-corrected chi connectivity index (χ1v) is 9.53. The van der Waals surface area contributed by atoms with E-state index in [0.717, 1.165) is 84.2 Å². The first kappa shape index (κ1) is 19.5. The van der Waals surface area contributed by atoms with Crippen LogP contribution in [0.4, 0.5) is 0 Å². The van der Waals surface area contributed by atoms with Crippen LogP contribution in [0.2, 0.25) is 0 Å². The van der Waals surface area contributed by atoms with Gasteiger partial charge in [-0.05, 0) is 51.9 Å². The Bertz CT molecular complexity index is 365. The highest BCUT2D eigenvalue weighted by Crippen LogP contribution is 2.24. The van der Waals surface area contributed by atoms with Crippen LogP contribution in [0, 0.1) is 5.92 Å². The summed E-state index contributed by atoms with van der Waals surface area (Å²) in [6.45, 7) is 11.0. The Hall–Kier alpha value is -0.850. The minimum absolute atomic E-state index is 0.0881. The van der Waals surface area contributed by atoms with Crippen LogP contribution in [-0.4, -0.2) is 64.2 Å². The molecule has 6 heteroatoms. The van der Waals surface area contributed by atoms with Gasteiger partial charge in [0.2, 0.25) is 0 Å². The Balaban J connectivity index is 1.57. The molecule has 2 aliphatic rings. The molecule has 2 aliphatic heterocycles. The smallest absolute Gasteiger partial charge is 0.191 e. The summed E-state index contributed by atoms with van der Waals surface area (Å²) in [6, 6.07) is 0. The number of nitrogens with zero attached hydrogens (tertiary/aromatic N) is 1. The molecule has 0 saturated carbocycles. The maximum Gasteiger partial charge on any atom is 0.191 e. The van der Waals surface area contributed by atoms with Crippen LogP contribution in [0.3, 0.4) is 0 Å². The molecular weight excluding hydrogens is 306 g/mol. The van der Waals surface area contributed by atoms with Gasteiger partial charge >= 0.3 is 0 Å². The molecule has 0 amide bonds. The topological polar surface area (TPSA) is 64.1 Å².